The molecule has 0 bridgehead atoms. The monoisotopic (exact) mass is 366 g/mol. The number of para-hydroxylation sites is 1. The molecule has 0 fully saturated rings. The second-order valence-electron chi connectivity index (χ2n) is 8.09. The summed E-state index contributed by atoms with van der Waals surface area (Å²) < 4.78 is 1.99. The minimum atomic E-state index is 0.236. The van der Waals surface area contributed by atoms with E-state index in [1.165, 1.54) is 38.5 Å². The summed E-state index contributed by atoms with van der Waals surface area (Å²) in [6.45, 7) is 3.04. The molecule has 0 spiro atoms. The lowest BCUT2D eigenvalue weighted by atomic mass is 9.90. The van der Waals surface area contributed by atoms with Crippen LogP contribution < -0.4 is 0 Å². The molecule has 1 aromatic heterocycles. The van der Waals surface area contributed by atoms with E-state index in [1.807, 2.05) is 10.6 Å². The minimum absolute atomic E-state index is 0.236. The van der Waals surface area contributed by atoms with E-state index in [-0.39, 0.29) is 5.91 Å². The molecule has 0 amide bonds. The van der Waals surface area contributed by atoms with Crippen LogP contribution >= 0.6 is 0 Å². The molecule has 0 saturated carbocycles. The Hall–Kier alpha value is -2.91. The lowest BCUT2D eigenvalue weighted by Gasteiger charge is -2.30. The van der Waals surface area contributed by atoms with Crippen molar-refractivity contribution in [3.8, 4) is 0 Å². The number of benzene rings is 3. The number of rotatable bonds is 2. The largest absolute Gasteiger partial charge is 0.294 e. The lowest BCUT2D eigenvalue weighted by Crippen LogP contribution is -2.30. The molecular formula is C25H22N2O. The van der Waals surface area contributed by atoms with Crippen molar-refractivity contribution < 1.29 is 4.79 Å². The van der Waals surface area contributed by atoms with Crippen LogP contribution in [0, 0.1) is 0 Å². The van der Waals surface area contributed by atoms with Gasteiger partial charge in [-0.15, -0.1) is 0 Å². The first-order valence-electron chi connectivity index (χ1n) is 10.2. The van der Waals surface area contributed by atoms with Gasteiger partial charge in [0.25, 0.3) is 0 Å². The average molecular weight is 366 g/mol. The summed E-state index contributed by atoms with van der Waals surface area (Å²) in [5, 5.41) is 2.57. The van der Waals surface area contributed by atoms with Gasteiger partial charge in [-0.1, -0.05) is 54.6 Å². The Kier molecular flexibility index (Phi) is 3.47. The van der Waals surface area contributed by atoms with E-state index in [0.29, 0.717) is 6.42 Å². The molecular weight excluding hydrogens is 344 g/mol. The van der Waals surface area contributed by atoms with E-state index in [2.05, 4.69) is 59.5 Å². The van der Waals surface area contributed by atoms with Crippen LogP contribution in [0.1, 0.15) is 33.5 Å². The molecule has 3 nitrogen and oxygen atoms in total. The standard InChI is InChI=1S/C25H22N2O/c28-23-11-10-18-14-19-16-26(15-17-6-2-1-3-7-17)13-12-20(19)24-21-8-4-5-9-22(21)27(23)25(18)24/h1-9,14H,10-13,15-16H2. The van der Waals surface area contributed by atoms with Gasteiger partial charge < -0.3 is 0 Å². The molecule has 0 atom stereocenters. The topological polar surface area (TPSA) is 25.2 Å². The highest BCUT2D eigenvalue weighted by molar-refractivity contribution is 6.16. The molecule has 138 valence electrons. The van der Waals surface area contributed by atoms with Crippen LogP contribution in [0.5, 0.6) is 0 Å². The second kappa shape index (κ2) is 6.05. The molecule has 3 heterocycles. The van der Waals surface area contributed by atoms with Crippen molar-refractivity contribution in [2.45, 2.75) is 32.4 Å². The Morgan fingerprint density at radius 1 is 0.857 bits per heavy atom. The lowest BCUT2D eigenvalue weighted by molar-refractivity contribution is 0.0908. The first-order chi connectivity index (χ1) is 13.8. The molecule has 4 aromatic rings. The first-order valence-corrected chi connectivity index (χ1v) is 10.2. The zero-order valence-corrected chi connectivity index (χ0v) is 15.8. The van der Waals surface area contributed by atoms with E-state index >= 15 is 0 Å². The van der Waals surface area contributed by atoms with Gasteiger partial charge >= 0.3 is 0 Å². The number of carbonyl (C=O) groups is 1. The molecule has 6 rings (SSSR count). The van der Waals surface area contributed by atoms with Crippen LogP contribution in [-0.4, -0.2) is 21.9 Å². The smallest absolute Gasteiger partial charge is 0.231 e. The van der Waals surface area contributed by atoms with Gasteiger partial charge in [-0.3, -0.25) is 14.3 Å². The van der Waals surface area contributed by atoms with Crippen LogP contribution in [0.4, 0.5) is 0 Å². The third-order valence-corrected chi connectivity index (χ3v) is 6.40. The maximum absolute atomic E-state index is 12.7. The Morgan fingerprint density at radius 2 is 1.68 bits per heavy atom. The summed E-state index contributed by atoms with van der Waals surface area (Å²) in [6, 6.07) is 21.5. The van der Waals surface area contributed by atoms with Crippen LogP contribution in [0.15, 0.2) is 60.7 Å². The quantitative estimate of drug-likeness (QED) is 0.502. The van der Waals surface area contributed by atoms with Gasteiger partial charge in [0.05, 0.1) is 11.0 Å². The maximum Gasteiger partial charge on any atom is 0.231 e. The van der Waals surface area contributed by atoms with Crippen LogP contribution in [-0.2, 0) is 25.9 Å². The van der Waals surface area contributed by atoms with Crippen molar-refractivity contribution in [2.24, 2.45) is 0 Å². The van der Waals surface area contributed by atoms with E-state index in [0.717, 1.165) is 38.0 Å². The maximum atomic E-state index is 12.7. The Labute approximate surface area is 164 Å². The highest BCUT2D eigenvalue weighted by Gasteiger charge is 2.28. The summed E-state index contributed by atoms with van der Waals surface area (Å²) in [5.74, 6) is 0.236. The van der Waals surface area contributed by atoms with Crippen molar-refractivity contribution in [1.29, 1.82) is 0 Å². The summed E-state index contributed by atoms with van der Waals surface area (Å²) >= 11 is 0. The number of carbonyl (C=O) groups excluding carboxylic acids is 1. The fourth-order valence-corrected chi connectivity index (χ4v) is 5.17. The molecule has 0 N–H and O–H groups in total. The van der Waals surface area contributed by atoms with E-state index < -0.39 is 0 Å². The SMILES string of the molecule is O=C1CCc2cc3c(c4c5ccccc5n1c24)CCN(Cc1ccccc1)C3. The minimum Gasteiger partial charge on any atom is -0.294 e. The van der Waals surface area contributed by atoms with Gasteiger partial charge in [-0.05, 0) is 41.2 Å². The Bertz CT molecular complexity index is 1240. The Morgan fingerprint density at radius 3 is 2.57 bits per heavy atom. The van der Waals surface area contributed by atoms with Crippen molar-refractivity contribution in [1.82, 2.24) is 9.47 Å². The number of fused-ring (bicyclic) bond motifs is 5. The van der Waals surface area contributed by atoms with Crippen molar-refractivity contribution in [3.05, 3.63) is 82.9 Å². The molecule has 0 radical (unpaired) electrons. The highest BCUT2D eigenvalue weighted by atomic mass is 16.2. The van der Waals surface area contributed by atoms with E-state index in [1.54, 1.807) is 0 Å². The van der Waals surface area contributed by atoms with E-state index in [4.69, 9.17) is 0 Å². The van der Waals surface area contributed by atoms with Gasteiger partial charge in [-0.25, -0.2) is 0 Å². The molecule has 0 saturated heterocycles. The van der Waals surface area contributed by atoms with Gasteiger partial charge in [0.1, 0.15) is 0 Å². The molecule has 0 unspecified atom stereocenters. The van der Waals surface area contributed by atoms with Gasteiger partial charge in [0, 0.05) is 36.8 Å². The predicted octanol–water partition coefficient (Wildman–Crippen LogP) is 4.94. The zero-order valence-electron chi connectivity index (χ0n) is 15.8. The van der Waals surface area contributed by atoms with Crippen molar-refractivity contribution in [3.63, 3.8) is 0 Å². The third-order valence-electron chi connectivity index (χ3n) is 6.40. The summed E-state index contributed by atoms with van der Waals surface area (Å²) in [6.07, 6.45) is 2.51. The van der Waals surface area contributed by atoms with Gasteiger partial charge in [0.2, 0.25) is 5.91 Å². The van der Waals surface area contributed by atoms with Crippen LogP contribution in [0.3, 0.4) is 0 Å². The first kappa shape index (κ1) is 16.1. The fourth-order valence-electron chi connectivity index (χ4n) is 5.17. The normalized spacial score (nSPS) is 16.6. The number of aromatic nitrogens is 1. The summed E-state index contributed by atoms with van der Waals surface area (Å²) in [7, 11) is 0. The molecule has 3 aromatic carbocycles. The van der Waals surface area contributed by atoms with Crippen molar-refractivity contribution >= 4 is 27.7 Å². The zero-order chi connectivity index (χ0) is 18.7. The predicted molar refractivity (Wildman–Crippen MR) is 113 cm³/mol. The Balaban J connectivity index is 1.52. The molecule has 3 heteroatoms. The molecule has 2 aliphatic heterocycles. The second-order valence-corrected chi connectivity index (χ2v) is 8.09. The van der Waals surface area contributed by atoms with Crippen LogP contribution in [0.25, 0.3) is 21.8 Å². The van der Waals surface area contributed by atoms with Crippen molar-refractivity contribution in [2.75, 3.05) is 6.54 Å². The highest BCUT2D eigenvalue weighted by Crippen LogP contribution is 2.40. The molecule has 2 aliphatic rings. The number of hydrogen-bond acceptors (Lipinski definition) is 2. The van der Waals surface area contributed by atoms with Gasteiger partial charge in [0.15, 0.2) is 0 Å². The summed E-state index contributed by atoms with van der Waals surface area (Å²) in [4.78, 5) is 15.3. The van der Waals surface area contributed by atoms with E-state index in [9.17, 15) is 4.79 Å². The fraction of sp³-hybridized carbons (Fsp3) is 0.240. The number of nitrogens with zero attached hydrogens (tertiary/aromatic N) is 2. The molecule has 0 aliphatic carbocycles. The number of hydrogen-bond donors (Lipinski definition) is 0. The number of aryl methyl sites for hydroxylation is 1. The summed E-state index contributed by atoms with van der Waals surface area (Å²) in [5.41, 5.74) is 7.85. The molecule has 28 heavy (non-hydrogen) atoms. The average Bonchev–Trinajstić information content (AvgIpc) is 3.08. The van der Waals surface area contributed by atoms with Crippen LogP contribution in [0.2, 0.25) is 0 Å². The third kappa shape index (κ3) is 2.29. The van der Waals surface area contributed by atoms with Gasteiger partial charge in [-0.2, -0.15) is 0 Å².